The van der Waals surface area contributed by atoms with Crippen molar-refractivity contribution in [2.45, 2.75) is 162 Å². The van der Waals surface area contributed by atoms with E-state index < -0.39 is 7.34 Å². The number of quaternary nitrogens is 1. The van der Waals surface area contributed by atoms with Crippen molar-refractivity contribution < 1.29 is 23.0 Å². The Labute approximate surface area is 283 Å². The summed E-state index contributed by atoms with van der Waals surface area (Å²) in [5, 5.41) is 0. The Hall–Kier alpha value is -0.120. The molecule has 0 aromatic heterocycles. The molecule has 0 aliphatic heterocycles. The van der Waals surface area contributed by atoms with Gasteiger partial charge >= 0.3 is 0 Å². The maximum absolute atomic E-state index is 6.58. The van der Waals surface area contributed by atoms with Crippen LogP contribution in [0.1, 0.15) is 162 Å². The molecule has 0 N–H and O–H groups in total. The van der Waals surface area contributed by atoms with Crippen molar-refractivity contribution in [3.63, 3.8) is 0 Å². The number of nitrogens with zero attached hydrogens (tertiary/aromatic N) is 1. The first kappa shape index (κ1) is 44.9. The molecule has 0 radical (unpaired) electrons. The highest BCUT2D eigenvalue weighted by Gasteiger charge is 2.33. The fourth-order valence-electron chi connectivity index (χ4n) is 5.71. The van der Waals surface area contributed by atoms with Crippen molar-refractivity contribution in [2.75, 3.05) is 74.0 Å². The smallest absolute Gasteiger partial charge is 0.163 e. The van der Waals surface area contributed by atoms with Gasteiger partial charge in [-0.05, 0) is 19.3 Å². The van der Waals surface area contributed by atoms with Crippen LogP contribution in [-0.4, -0.2) is 83.9 Å². The standard InChI is InChI=1S/C39H81NO4P/c1-9-13-15-17-19-21-23-25-27-29-33-41-36-39(31-11-3,38-44-45(8,12-4)43-35-32-40(5,6)7)37-42-34-30-28-26-24-22-20-18-16-14-10-2/h4,9-11,13-38H2,1-3,5-8H3/q+1. The van der Waals surface area contributed by atoms with E-state index in [1.54, 1.807) is 0 Å². The van der Waals surface area contributed by atoms with Crippen molar-refractivity contribution >= 4 is 12.8 Å². The molecular weight excluding hydrogens is 577 g/mol. The predicted octanol–water partition coefficient (Wildman–Crippen LogP) is 11.5. The second kappa shape index (κ2) is 30.0. The highest BCUT2D eigenvalue weighted by Crippen LogP contribution is 2.46. The molecule has 0 spiro atoms. The highest BCUT2D eigenvalue weighted by molar-refractivity contribution is 7.64. The van der Waals surface area contributed by atoms with Gasteiger partial charge in [-0.25, -0.2) is 0 Å². The molecule has 0 aliphatic carbocycles. The van der Waals surface area contributed by atoms with Crippen molar-refractivity contribution in [1.29, 1.82) is 0 Å². The number of hydrogen-bond acceptors (Lipinski definition) is 4. The third-order valence-corrected chi connectivity index (χ3v) is 10.8. The summed E-state index contributed by atoms with van der Waals surface area (Å²) in [5.41, 5.74) is 2.96. The van der Waals surface area contributed by atoms with E-state index in [0.717, 1.165) is 49.9 Å². The van der Waals surface area contributed by atoms with E-state index in [1.807, 2.05) is 6.66 Å². The first-order valence-electron chi connectivity index (χ1n) is 19.3. The lowest BCUT2D eigenvalue weighted by atomic mass is 9.86. The molecule has 0 amide bonds. The first-order valence-corrected chi connectivity index (χ1v) is 21.4. The maximum atomic E-state index is 6.58. The molecule has 45 heavy (non-hydrogen) atoms. The molecule has 0 aromatic rings. The van der Waals surface area contributed by atoms with E-state index in [4.69, 9.17) is 18.5 Å². The van der Waals surface area contributed by atoms with Crippen LogP contribution < -0.4 is 0 Å². The van der Waals surface area contributed by atoms with Crippen LogP contribution in [0, 0.1) is 5.41 Å². The normalized spacial score (nSPS) is 13.7. The van der Waals surface area contributed by atoms with E-state index in [0.29, 0.717) is 26.4 Å². The average molecular weight is 659 g/mol. The molecule has 270 valence electrons. The highest BCUT2D eigenvalue weighted by atomic mass is 31.2. The average Bonchev–Trinajstić information content (AvgIpc) is 3.00. The van der Waals surface area contributed by atoms with Crippen LogP contribution in [-0.2, 0) is 18.5 Å². The molecule has 6 heteroatoms. The van der Waals surface area contributed by atoms with Gasteiger partial charge in [0, 0.05) is 25.3 Å². The fourth-order valence-corrected chi connectivity index (χ4v) is 6.92. The monoisotopic (exact) mass is 659 g/mol. The van der Waals surface area contributed by atoms with Crippen LogP contribution in [0.25, 0.3) is 0 Å². The van der Waals surface area contributed by atoms with Gasteiger partial charge in [0.1, 0.15) is 13.2 Å². The Morgan fingerprint density at radius 2 is 0.933 bits per heavy atom. The molecular formula is C39H81NO4P+. The topological polar surface area (TPSA) is 36.9 Å². The molecule has 0 fully saturated rings. The maximum Gasteiger partial charge on any atom is 0.163 e. The lowest BCUT2D eigenvalue weighted by molar-refractivity contribution is -0.870. The summed E-state index contributed by atoms with van der Waals surface area (Å²) in [6.45, 7) is 18.0. The van der Waals surface area contributed by atoms with Gasteiger partial charge < -0.3 is 23.0 Å². The van der Waals surface area contributed by atoms with Gasteiger partial charge in [-0.2, -0.15) is 0 Å². The Morgan fingerprint density at radius 3 is 1.29 bits per heavy atom. The zero-order chi connectivity index (χ0) is 33.5. The van der Waals surface area contributed by atoms with Crippen LogP contribution in [0.3, 0.4) is 0 Å². The van der Waals surface area contributed by atoms with Gasteiger partial charge in [-0.3, -0.25) is 0 Å². The zero-order valence-electron chi connectivity index (χ0n) is 31.7. The van der Waals surface area contributed by atoms with Gasteiger partial charge in [-0.1, -0.05) is 155 Å². The largest absolute Gasteiger partial charge is 0.381 e. The van der Waals surface area contributed by atoms with Crippen LogP contribution in [0.15, 0.2) is 6.58 Å². The summed E-state index contributed by atoms with van der Waals surface area (Å²) in [6, 6.07) is 0. The summed E-state index contributed by atoms with van der Waals surface area (Å²) >= 11 is 0. The number of hydrogen-bond donors (Lipinski definition) is 0. The Kier molecular flexibility index (Phi) is 29.9. The number of unbranched alkanes of at least 4 members (excludes halogenated alkanes) is 18. The summed E-state index contributed by atoms with van der Waals surface area (Å²) in [5.74, 6) is 0. The van der Waals surface area contributed by atoms with E-state index in [9.17, 15) is 0 Å². The SMILES string of the molecule is C=C=P(C)(OCC[N+](C)(C)C)OCC(CCC)(COCCCCCCCCCCCC)COCCCCCCCCCCCC. The zero-order valence-corrected chi connectivity index (χ0v) is 32.6. The Balaban J connectivity index is 4.78. The molecule has 0 aromatic carbocycles. The minimum atomic E-state index is -2.28. The molecule has 5 nitrogen and oxygen atoms in total. The minimum absolute atomic E-state index is 0.173. The molecule has 0 saturated heterocycles. The molecule has 0 rings (SSSR count). The van der Waals surface area contributed by atoms with E-state index >= 15 is 0 Å². The van der Waals surface area contributed by atoms with Gasteiger partial charge in [0.2, 0.25) is 0 Å². The lowest BCUT2D eigenvalue weighted by Crippen LogP contribution is -2.38. The van der Waals surface area contributed by atoms with Gasteiger partial charge in [0.15, 0.2) is 7.34 Å². The minimum Gasteiger partial charge on any atom is -0.381 e. The number of rotatable bonds is 35. The van der Waals surface area contributed by atoms with Crippen LogP contribution in [0.2, 0.25) is 0 Å². The van der Waals surface area contributed by atoms with Crippen molar-refractivity contribution in [2.24, 2.45) is 5.41 Å². The van der Waals surface area contributed by atoms with Crippen LogP contribution in [0.4, 0.5) is 0 Å². The third-order valence-electron chi connectivity index (χ3n) is 8.89. The van der Waals surface area contributed by atoms with Gasteiger partial charge in [-0.15, -0.1) is 0 Å². The van der Waals surface area contributed by atoms with E-state index in [2.05, 4.69) is 53.9 Å². The van der Waals surface area contributed by atoms with Crippen molar-refractivity contribution in [3.8, 4) is 0 Å². The predicted molar refractivity (Wildman–Crippen MR) is 201 cm³/mol. The number of ether oxygens (including phenoxy) is 2. The van der Waals surface area contributed by atoms with Crippen molar-refractivity contribution in [1.82, 2.24) is 0 Å². The molecule has 0 heterocycles. The van der Waals surface area contributed by atoms with Gasteiger partial charge in [0.25, 0.3) is 0 Å². The number of likely N-dealkylation sites (N-methyl/N-ethyl adjacent to an activating group) is 1. The van der Waals surface area contributed by atoms with E-state index in [1.165, 1.54) is 116 Å². The van der Waals surface area contributed by atoms with Crippen LogP contribution >= 0.6 is 7.34 Å². The summed E-state index contributed by atoms with van der Waals surface area (Å²) in [7, 11) is 4.27. The molecule has 0 aliphatic rings. The van der Waals surface area contributed by atoms with E-state index in [-0.39, 0.29) is 5.41 Å². The summed E-state index contributed by atoms with van der Waals surface area (Å²) in [4.78, 5) is 0. The Morgan fingerprint density at radius 1 is 0.533 bits per heavy atom. The second-order valence-electron chi connectivity index (χ2n) is 14.8. The summed E-state index contributed by atoms with van der Waals surface area (Å²) in [6.07, 6.45) is 28.9. The second-order valence-corrected chi connectivity index (χ2v) is 17.4. The molecule has 0 saturated carbocycles. The Bertz CT molecular complexity index is 688. The molecule has 1 unspecified atom stereocenters. The lowest BCUT2D eigenvalue weighted by Gasteiger charge is -2.35. The van der Waals surface area contributed by atoms with Crippen molar-refractivity contribution in [3.05, 3.63) is 6.58 Å². The quantitative estimate of drug-likeness (QED) is 0.0386. The van der Waals surface area contributed by atoms with Crippen LogP contribution in [0.5, 0.6) is 0 Å². The first-order chi connectivity index (χ1) is 21.7. The molecule has 0 bridgehead atoms. The van der Waals surface area contributed by atoms with Gasteiger partial charge in [0.05, 0.1) is 41.0 Å². The molecule has 1 atom stereocenters. The fraction of sp³-hybridized carbons (Fsp3) is 0.949. The third kappa shape index (κ3) is 28.6. The summed E-state index contributed by atoms with van der Waals surface area (Å²) < 4.78 is 26.5.